The molecule has 0 atom stereocenters. The number of nitro benzene ring substituents is 1. The highest BCUT2D eigenvalue weighted by Gasteiger charge is 2.24. The second-order valence-electron chi connectivity index (χ2n) is 7.54. The topological polar surface area (TPSA) is 119 Å². The number of benzene rings is 2. The van der Waals surface area contributed by atoms with Crippen LogP contribution in [0.5, 0.6) is 0 Å². The van der Waals surface area contributed by atoms with Crippen LogP contribution < -0.4 is 10.2 Å². The van der Waals surface area contributed by atoms with E-state index in [0.717, 1.165) is 12.8 Å². The van der Waals surface area contributed by atoms with Crippen molar-refractivity contribution in [2.75, 3.05) is 32.1 Å². The van der Waals surface area contributed by atoms with Crippen LogP contribution in [0.4, 0.5) is 11.4 Å². The number of nitrogens with zero attached hydrogens (tertiary/aromatic N) is 2. The van der Waals surface area contributed by atoms with E-state index in [0.29, 0.717) is 18.2 Å². The summed E-state index contributed by atoms with van der Waals surface area (Å²) in [6.45, 7) is 0.0442. The number of hydrogen-bond acceptors (Lipinski definition) is 7. The van der Waals surface area contributed by atoms with Crippen molar-refractivity contribution in [2.45, 2.75) is 12.8 Å². The van der Waals surface area contributed by atoms with Gasteiger partial charge in [0.25, 0.3) is 11.6 Å². The van der Waals surface area contributed by atoms with Crippen molar-refractivity contribution in [3.8, 4) is 0 Å². The van der Waals surface area contributed by atoms with E-state index in [-0.39, 0.29) is 28.9 Å². The average Bonchev–Trinajstić information content (AvgIpc) is 3.59. The van der Waals surface area contributed by atoms with Gasteiger partial charge in [0.05, 0.1) is 17.1 Å². The van der Waals surface area contributed by atoms with E-state index < -0.39 is 22.6 Å². The zero-order valence-corrected chi connectivity index (χ0v) is 17.3. The number of nitrogens with one attached hydrogen (secondary N) is 1. The summed E-state index contributed by atoms with van der Waals surface area (Å²) in [5.41, 5.74) is 0.384. The smallest absolute Gasteiger partial charge is 0.325 e. The molecule has 0 heterocycles. The van der Waals surface area contributed by atoms with Crippen molar-refractivity contribution in [3.05, 3.63) is 69.3 Å². The third-order valence-electron chi connectivity index (χ3n) is 4.90. The largest absolute Gasteiger partial charge is 0.464 e. The van der Waals surface area contributed by atoms with Crippen LogP contribution in [-0.4, -0.2) is 49.8 Å². The summed E-state index contributed by atoms with van der Waals surface area (Å²) in [6.07, 6.45) is 2.09. The van der Waals surface area contributed by atoms with Crippen LogP contribution in [0.3, 0.4) is 0 Å². The molecular weight excluding hydrogens is 402 g/mol. The summed E-state index contributed by atoms with van der Waals surface area (Å²) in [6, 6.07) is 10.3. The van der Waals surface area contributed by atoms with Gasteiger partial charge in [-0.2, -0.15) is 0 Å². The Balaban J connectivity index is 1.78. The van der Waals surface area contributed by atoms with E-state index in [2.05, 4.69) is 5.32 Å². The lowest BCUT2D eigenvalue weighted by Gasteiger charge is -2.14. The monoisotopic (exact) mass is 425 g/mol. The normalized spacial score (nSPS) is 12.7. The van der Waals surface area contributed by atoms with Gasteiger partial charge in [-0.05, 0) is 37.0 Å². The summed E-state index contributed by atoms with van der Waals surface area (Å²) < 4.78 is 5.08. The predicted octanol–water partition coefficient (Wildman–Crippen LogP) is 2.57. The molecule has 0 aliphatic heterocycles. The van der Waals surface area contributed by atoms with E-state index in [1.165, 1.54) is 30.3 Å². The lowest BCUT2D eigenvalue weighted by atomic mass is 9.97. The molecule has 0 unspecified atom stereocenters. The molecule has 1 aliphatic carbocycles. The molecule has 9 heteroatoms. The summed E-state index contributed by atoms with van der Waals surface area (Å²) in [5, 5.41) is 13.9. The van der Waals surface area contributed by atoms with Crippen molar-refractivity contribution in [2.24, 2.45) is 5.92 Å². The highest BCUT2D eigenvalue weighted by molar-refractivity contribution is 6.15. The minimum absolute atomic E-state index is 0.0711. The first-order valence-electron chi connectivity index (χ1n) is 9.81. The number of nitro groups is 1. The van der Waals surface area contributed by atoms with Crippen LogP contribution in [0, 0.1) is 16.0 Å². The fourth-order valence-electron chi connectivity index (χ4n) is 3.02. The predicted molar refractivity (Wildman–Crippen MR) is 113 cm³/mol. The lowest BCUT2D eigenvalue weighted by molar-refractivity contribution is -0.384. The molecule has 1 amide bonds. The molecular formula is C22H23N3O6. The van der Waals surface area contributed by atoms with Gasteiger partial charge >= 0.3 is 5.97 Å². The summed E-state index contributed by atoms with van der Waals surface area (Å²) >= 11 is 0. The van der Waals surface area contributed by atoms with Gasteiger partial charge in [0, 0.05) is 31.3 Å². The summed E-state index contributed by atoms with van der Waals surface area (Å²) in [5.74, 6) is -1.26. The van der Waals surface area contributed by atoms with E-state index in [1.54, 1.807) is 31.1 Å². The number of ketones is 1. The van der Waals surface area contributed by atoms with Crippen LogP contribution in [0.1, 0.15) is 39.1 Å². The van der Waals surface area contributed by atoms with E-state index in [9.17, 15) is 24.5 Å². The zero-order chi connectivity index (χ0) is 22.5. The Morgan fingerprint density at radius 2 is 1.81 bits per heavy atom. The average molecular weight is 425 g/mol. The number of carbonyl (C=O) groups is 3. The van der Waals surface area contributed by atoms with Gasteiger partial charge in [0.1, 0.15) is 12.2 Å². The molecule has 2 aromatic rings. The Morgan fingerprint density at radius 3 is 2.42 bits per heavy atom. The maximum Gasteiger partial charge on any atom is 0.325 e. The Labute approximate surface area is 179 Å². The van der Waals surface area contributed by atoms with Gasteiger partial charge in [-0.25, -0.2) is 0 Å². The minimum atomic E-state index is -0.605. The second-order valence-corrected chi connectivity index (χ2v) is 7.54. The molecule has 1 saturated carbocycles. The van der Waals surface area contributed by atoms with Crippen molar-refractivity contribution in [1.82, 2.24) is 5.32 Å². The maximum atomic E-state index is 13.0. The molecule has 1 fully saturated rings. The first-order valence-corrected chi connectivity index (χ1v) is 9.81. The van der Waals surface area contributed by atoms with Crippen molar-refractivity contribution >= 4 is 29.0 Å². The SMILES string of the molecule is CN(C)c1ccc(C(=O)c2ccccc2C(=O)NCC(=O)OCC2CC2)cc1[N+](=O)[O-]. The van der Waals surface area contributed by atoms with Crippen molar-refractivity contribution < 1.29 is 24.0 Å². The molecule has 1 aliphatic rings. The molecule has 31 heavy (non-hydrogen) atoms. The van der Waals surface area contributed by atoms with Gasteiger partial charge < -0.3 is 15.0 Å². The van der Waals surface area contributed by atoms with Crippen molar-refractivity contribution in [3.63, 3.8) is 0 Å². The van der Waals surface area contributed by atoms with Gasteiger partial charge in [-0.1, -0.05) is 18.2 Å². The van der Waals surface area contributed by atoms with Crippen LogP contribution in [0.15, 0.2) is 42.5 Å². The quantitative estimate of drug-likeness (QED) is 0.284. The number of amides is 1. The number of anilines is 1. The molecule has 3 rings (SSSR count). The molecule has 9 nitrogen and oxygen atoms in total. The van der Waals surface area contributed by atoms with Gasteiger partial charge in [-0.3, -0.25) is 24.5 Å². The number of esters is 1. The summed E-state index contributed by atoms with van der Waals surface area (Å²) in [7, 11) is 3.33. The first kappa shape index (κ1) is 21.9. The lowest BCUT2D eigenvalue weighted by Crippen LogP contribution is -2.32. The molecule has 0 saturated heterocycles. The first-order chi connectivity index (χ1) is 14.8. The summed E-state index contributed by atoms with van der Waals surface area (Å²) in [4.78, 5) is 49.8. The van der Waals surface area contributed by atoms with Crippen molar-refractivity contribution in [1.29, 1.82) is 0 Å². The fourth-order valence-corrected chi connectivity index (χ4v) is 3.02. The molecule has 0 bridgehead atoms. The van der Waals surface area contributed by atoms with Crippen LogP contribution >= 0.6 is 0 Å². The molecule has 0 aromatic heterocycles. The second kappa shape index (κ2) is 9.38. The molecule has 1 N–H and O–H groups in total. The highest BCUT2D eigenvalue weighted by Crippen LogP contribution is 2.29. The maximum absolute atomic E-state index is 13.0. The van der Waals surface area contributed by atoms with Crippen LogP contribution in [-0.2, 0) is 9.53 Å². The molecule has 0 spiro atoms. The van der Waals surface area contributed by atoms with E-state index in [4.69, 9.17) is 4.74 Å². The molecule has 0 radical (unpaired) electrons. The van der Waals surface area contributed by atoms with Gasteiger partial charge in [0.15, 0.2) is 5.78 Å². The Bertz CT molecular complexity index is 1030. The number of hydrogen-bond donors (Lipinski definition) is 1. The third kappa shape index (κ3) is 5.44. The van der Waals surface area contributed by atoms with E-state index in [1.807, 2.05) is 0 Å². The van der Waals surface area contributed by atoms with E-state index >= 15 is 0 Å². The Kier molecular flexibility index (Phi) is 6.64. The molecule has 2 aromatic carbocycles. The standard InChI is InChI=1S/C22H23N3O6/c1-24(2)18-10-9-15(11-19(18)25(29)30)21(27)16-5-3-4-6-17(16)22(28)23-12-20(26)31-13-14-7-8-14/h3-6,9-11,14H,7-8,12-13H2,1-2H3,(H,23,28). The number of ether oxygens (including phenoxy) is 1. The minimum Gasteiger partial charge on any atom is -0.464 e. The Morgan fingerprint density at radius 1 is 1.13 bits per heavy atom. The fraction of sp³-hybridized carbons (Fsp3) is 0.318. The number of carbonyl (C=O) groups excluding carboxylic acids is 3. The zero-order valence-electron chi connectivity index (χ0n) is 17.3. The third-order valence-corrected chi connectivity index (χ3v) is 4.90. The number of rotatable bonds is 9. The van der Waals surface area contributed by atoms with Crippen LogP contribution in [0.2, 0.25) is 0 Å². The Hall–Kier alpha value is -3.75. The van der Waals surface area contributed by atoms with Gasteiger partial charge in [0.2, 0.25) is 0 Å². The highest BCUT2D eigenvalue weighted by atomic mass is 16.6. The molecule has 162 valence electrons. The van der Waals surface area contributed by atoms with Crippen LogP contribution in [0.25, 0.3) is 0 Å². The van der Waals surface area contributed by atoms with Gasteiger partial charge in [-0.15, -0.1) is 0 Å².